The first kappa shape index (κ1) is 5.35. The number of rotatable bonds is 2. The molecule has 2 unspecified atom stereocenters. The second-order valence-electron chi connectivity index (χ2n) is 1.48. The molecule has 0 radical (unpaired) electrons. The second-order valence-corrected chi connectivity index (χ2v) is 1.91. The first-order chi connectivity index (χ1) is 3.34. The molecule has 0 spiro atoms. The molecule has 0 amide bonds. The predicted molar refractivity (Wildman–Crippen MR) is 26.4 cm³/mol. The number of hydrogen-bond donors (Lipinski definition) is 0. The van der Waals surface area contributed by atoms with Gasteiger partial charge in [0.2, 0.25) is 0 Å². The van der Waals surface area contributed by atoms with Crippen molar-refractivity contribution in [3.05, 3.63) is 0 Å². The Kier molecular flexibility index (Phi) is 1.52. The predicted octanol–water partition coefficient (Wildman–Crippen LogP) is 0.597. The largest absolute Gasteiger partial charge is 0.382 e. The third kappa shape index (κ3) is 1.30. The van der Waals surface area contributed by atoms with Crippen molar-refractivity contribution in [2.45, 2.75) is 11.7 Å². The monoisotopic (exact) mass is 122 g/mol. The summed E-state index contributed by atoms with van der Waals surface area (Å²) in [6, 6.07) is 0. The van der Waals surface area contributed by atoms with E-state index >= 15 is 0 Å². The quantitative estimate of drug-likeness (QED) is 0.395. The van der Waals surface area contributed by atoms with E-state index in [-0.39, 0.29) is 11.7 Å². The highest BCUT2D eigenvalue weighted by atomic mass is 35.5. The third-order valence-corrected chi connectivity index (χ3v) is 1.24. The smallest absolute Gasteiger partial charge is 0.160 e. The lowest BCUT2D eigenvalue weighted by molar-refractivity contribution is 0.171. The first-order valence-electron chi connectivity index (χ1n) is 2.13. The van der Waals surface area contributed by atoms with Gasteiger partial charge in [0.25, 0.3) is 0 Å². The van der Waals surface area contributed by atoms with Crippen LogP contribution in [0.1, 0.15) is 0 Å². The molecule has 2 nitrogen and oxygen atoms in total. The molecule has 0 bridgehead atoms. The zero-order valence-corrected chi connectivity index (χ0v) is 4.81. The molecule has 0 aromatic rings. The van der Waals surface area contributed by atoms with Gasteiger partial charge in [0.15, 0.2) is 5.56 Å². The molecule has 1 heterocycles. The fraction of sp³-hybridized carbons (Fsp3) is 1.00. The van der Waals surface area contributed by atoms with Crippen molar-refractivity contribution in [2.75, 3.05) is 13.7 Å². The van der Waals surface area contributed by atoms with Crippen molar-refractivity contribution in [1.29, 1.82) is 0 Å². The number of hydrogen-bond acceptors (Lipinski definition) is 2. The van der Waals surface area contributed by atoms with Gasteiger partial charge < -0.3 is 9.47 Å². The van der Waals surface area contributed by atoms with E-state index in [9.17, 15) is 0 Å². The van der Waals surface area contributed by atoms with E-state index in [1.54, 1.807) is 7.11 Å². The summed E-state index contributed by atoms with van der Waals surface area (Å²) in [6.45, 7) is 0.619. The number of ether oxygens (including phenoxy) is 2. The van der Waals surface area contributed by atoms with Crippen LogP contribution in [0.15, 0.2) is 0 Å². The molecule has 0 N–H and O–H groups in total. The van der Waals surface area contributed by atoms with Crippen LogP contribution in [0.3, 0.4) is 0 Å². The van der Waals surface area contributed by atoms with Crippen LogP contribution < -0.4 is 0 Å². The summed E-state index contributed by atoms with van der Waals surface area (Å²) < 4.78 is 9.52. The lowest BCUT2D eigenvalue weighted by atomic mass is 10.5. The van der Waals surface area contributed by atoms with Crippen molar-refractivity contribution in [3.63, 3.8) is 0 Å². The number of alkyl halides is 1. The normalized spacial score (nSPS) is 38.6. The summed E-state index contributed by atoms with van der Waals surface area (Å²) in [6.07, 6.45) is 0.159. The zero-order valence-electron chi connectivity index (χ0n) is 4.06. The van der Waals surface area contributed by atoms with Crippen molar-refractivity contribution in [2.24, 2.45) is 0 Å². The Balaban J connectivity index is 1.98. The Morgan fingerprint density at radius 3 is 2.57 bits per heavy atom. The summed E-state index contributed by atoms with van der Waals surface area (Å²) in [5.41, 5.74) is -0.0834. The van der Waals surface area contributed by atoms with Gasteiger partial charge in [0.05, 0.1) is 6.61 Å². The molecule has 42 valence electrons. The molecule has 0 saturated carbocycles. The first-order valence-corrected chi connectivity index (χ1v) is 2.56. The summed E-state index contributed by atoms with van der Waals surface area (Å²) >= 11 is 5.43. The van der Waals surface area contributed by atoms with E-state index in [1.807, 2.05) is 0 Å². The van der Waals surface area contributed by atoms with Gasteiger partial charge in [0, 0.05) is 7.11 Å². The summed E-state index contributed by atoms with van der Waals surface area (Å²) in [7, 11) is 1.63. The van der Waals surface area contributed by atoms with E-state index in [0.29, 0.717) is 6.61 Å². The zero-order chi connectivity index (χ0) is 5.28. The molecule has 1 rings (SSSR count). The van der Waals surface area contributed by atoms with Gasteiger partial charge in [-0.25, -0.2) is 0 Å². The molecular weight excluding hydrogens is 115 g/mol. The molecule has 1 saturated heterocycles. The maximum Gasteiger partial charge on any atom is 0.160 e. The average Bonchev–Trinajstić information content (AvgIpc) is 2.22. The highest BCUT2D eigenvalue weighted by Gasteiger charge is 2.36. The van der Waals surface area contributed by atoms with E-state index in [0.717, 1.165) is 0 Å². The van der Waals surface area contributed by atoms with Gasteiger partial charge in [-0.2, -0.15) is 0 Å². The molecule has 2 atom stereocenters. The summed E-state index contributed by atoms with van der Waals surface area (Å²) in [4.78, 5) is 0. The highest BCUT2D eigenvalue weighted by Crippen LogP contribution is 2.25. The average molecular weight is 123 g/mol. The van der Waals surface area contributed by atoms with E-state index in [4.69, 9.17) is 21.1 Å². The maximum absolute atomic E-state index is 5.43. The van der Waals surface area contributed by atoms with Crippen LogP contribution >= 0.6 is 11.6 Å². The molecule has 7 heavy (non-hydrogen) atoms. The summed E-state index contributed by atoms with van der Waals surface area (Å²) in [5.74, 6) is 0. The Bertz CT molecular complexity index is 66.7. The van der Waals surface area contributed by atoms with Gasteiger partial charge in [-0.3, -0.25) is 0 Å². The number of halogens is 1. The lowest BCUT2D eigenvalue weighted by Crippen LogP contribution is -1.97. The van der Waals surface area contributed by atoms with Gasteiger partial charge in [-0.15, -0.1) is 0 Å². The van der Waals surface area contributed by atoms with E-state index < -0.39 is 0 Å². The molecule has 0 aromatic carbocycles. The van der Waals surface area contributed by atoms with Gasteiger partial charge in [0.1, 0.15) is 6.10 Å². The van der Waals surface area contributed by atoms with E-state index in [1.165, 1.54) is 0 Å². The van der Waals surface area contributed by atoms with Crippen LogP contribution in [-0.2, 0) is 9.47 Å². The maximum atomic E-state index is 5.43. The fourth-order valence-electron chi connectivity index (χ4n) is 0.401. The minimum atomic E-state index is -0.0834. The highest BCUT2D eigenvalue weighted by molar-refractivity contribution is 6.21. The fourth-order valence-corrected chi connectivity index (χ4v) is 0.606. The summed E-state index contributed by atoms with van der Waals surface area (Å²) in [5, 5.41) is 0. The molecule has 1 aliphatic heterocycles. The van der Waals surface area contributed by atoms with Crippen LogP contribution in [0.25, 0.3) is 0 Å². The molecule has 3 heteroatoms. The Morgan fingerprint density at radius 2 is 2.43 bits per heavy atom. The third-order valence-electron chi connectivity index (χ3n) is 0.851. The topological polar surface area (TPSA) is 21.8 Å². The molecular formula is C4H7ClO2. The van der Waals surface area contributed by atoms with Crippen LogP contribution in [0.4, 0.5) is 0 Å². The molecule has 0 aromatic heterocycles. The number of methoxy groups -OCH3 is 1. The minimum Gasteiger partial charge on any atom is -0.382 e. The van der Waals surface area contributed by atoms with Gasteiger partial charge in [-0.05, 0) is 0 Å². The SMILES string of the molecule is COCC1OC1Cl. The van der Waals surface area contributed by atoms with Gasteiger partial charge in [-0.1, -0.05) is 11.6 Å². The van der Waals surface area contributed by atoms with Crippen molar-refractivity contribution in [1.82, 2.24) is 0 Å². The molecule has 1 fully saturated rings. The van der Waals surface area contributed by atoms with Crippen LogP contribution in [0, 0.1) is 0 Å². The lowest BCUT2D eigenvalue weighted by Gasteiger charge is -1.85. The molecule has 1 aliphatic rings. The van der Waals surface area contributed by atoms with Crippen LogP contribution in [0.2, 0.25) is 0 Å². The number of epoxide rings is 1. The Labute approximate surface area is 47.4 Å². The van der Waals surface area contributed by atoms with E-state index in [2.05, 4.69) is 0 Å². The van der Waals surface area contributed by atoms with Crippen molar-refractivity contribution >= 4 is 11.6 Å². The van der Waals surface area contributed by atoms with Crippen LogP contribution in [0.5, 0.6) is 0 Å². The standard InChI is InChI=1S/C4H7ClO2/c1-6-2-3-4(5)7-3/h3-4H,2H2,1H3. The van der Waals surface area contributed by atoms with Crippen molar-refractivity contribution in [3.8, 4) is 0 Å². The minimum absolute atomic E-state index is 0.0834. The van der Waals surface area contributed by atoms with Crippen LogP contribution in [-0.4, -0.2) is 25.4 Å². The van der Waals surface area contributed by atoms with Gasteiger partial charge >= 0.3 is 0 Å². The second kappa shape index (κ2) is 1.99. The Hall–Kier alpha value is 0.210. The van der Waals surface area contributed by atoms with Crippen molar-refractivity contribution < 1.29 is 9.47 Å². The molecule has 0 aliphatic carbocycles. The Morgan fingerprint density at radius 1 is 1.86 bits per heavy atom.